The maximum absolute atomic E-state index is 12.8. The molecule has 23 heavy (non-hydrogen) atoms. The molecule has 118 valence electrons. The zero-order valence-electron chi connectivity index (χ0n) is 12.5. The van der Waals surface area contributed by atoms with Gasteiger partial charge in [0, 0.05) is 25.7 Å². The number of pyridine rings is 1. The molecule has 1 spiro atoms. The number of nitrogens with zero attached hydrogens (tertiary/aromatic N) is 3. The summed E-state index contributed by atoms with van der Waals surface area (Å²) in [7, 11) is 0. The third-order valence-electron chi connectivity index (χ3n) is 4.86. The second-order valence-electron chi connectivity index (χ2n) is 6.22. The summed E-state index contributed by atoms with van der Waals surface area (Å²) in [6.45, 7) is 0.875. The average molecular weight is 312 g/mol. The van der Waals surface area contributed by atoms with Crippen molar-refractivity contribution in [2.45, 2.75) is 19.3 Å². The summed E-state index contributed by atoms with van der Waals surface area (Å²) in [5, 5.41) is 6.59. The summed E-state index contributed by atoms with van der Waals surface area (Å²) >= 11 is 0. The van der Waals surface area contributed by atoms with Crippen LogP contribution in [-0.4, -0.2) is 45.3 Å². The lowest BCUT2D eigenvalue weighted by Gasteiger charge is -2.31. The first-order valence-corrected chi connectivity index (χ1v) is 7.65. The van der Waals surface area contributed by atoms with E-state index in [9.17, 15) is 14.4 Å². The van der Waals surface area contributed by atoms with Gasteiger partial charge in [-0.3, -0.25) is 19.7 Å². The van der Waals surface area contributed by atoms with E-state index in [1.807, 2.05) is 18.2 Å². The molecular formula is C16H16N4O3. The van der Waals surface area contributed by atoms with Gasteiger partial charge in [-0.1, -0.05) is 6.07 Å². The van der Waals surface area contributed by atoms with Crippen LogP contribution >= 0.6 is 0 Å². The molecule has 0 radical (unpaired) electrons. The average Bonchev–Trinajstić information content (AvgIpc) is 3.16. The summed E-state index contributed by atoms with van der Waals surface area (Å²) in [5.74, 6) is -0.593. The Morgan fingerprint density at radius 3 is 2.96 bits per heavy atom. The Balaban J connectivity index is 1.59. The highest BCUT2D eigenvalue weighted by molar-refractivity contribution is 6.03. The van der Waals surface area contributed by atoms with E-state index in [0.29, 0.717) is 37.9 Å². The normalized spacial score (nSPS) is 24.4. The van der Waals surface area contributed by atoms with Crippen molar-refractivity contribution in [3.63, 3.8) is 0 Å². The quantitative estimate of drug-likeness (QED) is 0.782. The Hall–Kier alpha value is -2.70. The van der Waals surface area contributed by atoms with Crippen molar-refractivity contribution in [1.29, 1.82) is 0 Å². The smallest absolute Gasteiger partial charge is 0.257 e. The molecule has 2 aromatic rings. The molecule has 0 bridgehead atoms. The first-order chi connectivity index (χ1) is 11.1. The van der Waals surface area contributed by atoms with E-state index in [-0.39, 0.29) is 17.7 Å². The van der Waals surface area contributed by atoms with Crippen molar-refractivity contribution in [1.82, 2.24) is 19.8 Å². The number of imide groups is 1. The predicted octanol–water partition coefficient (Wildman–Crippen LogP) is 0.603. The van der Waals surface area contributed by atoms with E-state index in [2.05, 4.69) is 10.4 Å². The van der Waals surface area contributed by atoms with Crippen LogP contribution in [0.3, 0.4) is 0 Å². The minimum Gasteiger partial charge on any atom is -0.337 e. The molecule has 0 aromatic carbocycles. The van der Waals surface area contributed by atoms with Crippen molar-refractivity contribution in [3.8, 4) is 0 Å². The summed E-state index contributed by atoms with van der Waals surface area (Å²) < 4.78 is 1.66. The number of amides is 3. The molecule has 4 rings (SSSR count). The number of carbonyl (C=O) groups excluding carboxylic acids is 3. The van der Waals surface area contributed by atoms with Gasteiger partial charge < -0.3 is 4.90 Å². The summed E-state index contributed by atoms with van der Waals surface area (Å²) in [5.41, 5.74) is 0.670. The number of aromatic nitrogens is 2. The Morgan fingerprint density at radius 1 is 1.26 bits per heavy atom. The Morgan fingerprint density at radius 2 is 2.13 bits per heavy atom. The van der Waals surface area contributed by atoms with E-state index in [1.54, 1.807) is 21.8 Å². The van der Waals surface area contributed by atoms with Crippen LogP contribution in [0.1, 0.15) is 29.6 Å². The molecule has 2 aliphatic rings. The van der Waals surface area contributed by atoms with Gasteiger partial charge in [-0.05, 0) is 25.0 Å². The van der Waals surface area contributed by atoms with Gasteiger partial charge in [-0.25, -0.2) is 4.52 Å². The highest BCUT2D eigenvalue weighted by atomic mass is 16.2. The second kappa shape index (κ2) is 4.91. The van der Waals surface area contributed by atoms with E-state index >= 15 is 0 Å². The van der Waals surface area contributed by atoms with E-state index in [4.69, 9.17) is 0 Å². The fraction of sp³-hybridized carbons (Fsp3) is 0.375. The van der Waals surface area contributed by atoms with Crippen LogP contribution in [0.25, 0.3) is 5.52 Å². The van der Waals surface area contributed by atoms with Crippen LogP contribution in [0.2, 0.25) is 0 Å². The topological polar surface area (TPSA) is 83.8 Å². The van der Waals surface area contributed by atoms with Crippen molar-refractivity contribution in [2.75, 3.05) is 13.1 Å². The van der Waals surface area contributed by atoms with E-state index in [0.717, 1.165) is 5.52 Å². The number of piperidine rings is 1. The van der Waals surface area contributed by atoms with Crippen molar-refractivity contribution in [2.24, 2.45) is 5.41 Å². The Kier molecular flexibility index (Phi) is 2.97. The number of rotatable bonds is 1. The molecule has 7 heteroatoms. The first kappa shape index (κ1) is 13.9. The monoisotopic (exact) mass is 312 g/mol. The van der Waals surface area contributed by atoms with Crippen LogP contribution in [0.15, 0.2) is 30.6 Å². The highest BCUT2D eigenvalue weighted by Crippen LogP contribution is 2.38. The molecule has 0 saturated carbocycles. The van der Waals surface area contributed by atoms with Gasteiger partial charge in [0.1, 0.15) is 0 Å². The SMILES string of the molecule is O=C1CCC2(CCN(C(=O)c3cnn4ccccc34)C2)C(=O)N1. The zero-order valence-corrected chi connectivity index (χ0v) is 12.5. The maximum Gasteiger partial charge on any atom is 0.257 e. The number of hydrogen-bond donors (Lipinski definition) is 1. The molecule has 2 aliphatic heterocycles. The lowest BCUT2D eigenvalue weighted by molar-refractivity contribution is -0.141. The number of fused-ring (bicyclic) bond motifs is 1. The largest absolute Gasteiger partial charge is 0.337 e. The van der Waals surface area contributed by atoms with Gasteiger partial charge in [0.2, 0.25) is 11.8 Å². The molecule has 1 N–H and O–H groups in total. The van der Waals surface area contributed by atoms with Crippen LogP contribution in [0.4, 0.5) is 0 Å². The van der Waals surface area contributed by atoms with Crippen LogP contribution in [0, 0.1) is 5.41 Å². The molecule has 2 aromatic heterocycles. The molecule has 4 heterocycles. The molecule has 2 saturated heterocycles. The van der Waals surface area contributed by atoms with E-state index < -0.39 is 5.41 Å². The molecule has 0 aliphatic carbocycles. The highest BCUT2D eigenvalue weighted by Gasteiger charge is 2.48. The third kappa shape index (κ3) is 2.11. The molecule has 1 unspecified atom stereocenters. The van der Waals surface area contributed by atoms with Gasteiger partial charge in [0.25, 0.3) is 5.91 Å². The molecule has 3 amide bonds. The third-order valence-corrected chi connectivity index (χ3v) is 4.86. The lowest BCUT2D eigenvalue weighted by atomic mass is 9.79. The minimum atomic E-state index is -0.619. The summed E-state index contributed by atoms with van der Waals surface area (Å²) in [6, 6.07) is 5.56. The number of hydrogen-bond acceptors (Lipinski definition) is 4. The maximum atomic E-state index is 12.8. The number of carbonyl (C=O) groups is 3. The lowest BCUT2D eigenvalue weighted by Crippen LogP contribution is -2.50. The number of likely N-dealkylation sites (tertiary alicyclic amines) is 1. The van der Waals surface area contributed by atoms with Gasteiger partial charge in [0.15, 0.2) is 0 Å². The van der Waals surface area contributed by atoms with Gasteiger partial charge >= 0.3 is 0 Å². The zero-order chi connectivity index (χ0) is 16.0. The second-order valence-corrected chi connectivity index (χ2v) is 6.22. The Labute approximate surface area is 132 Å². The minimum absolute atomic E-state index is 0.118. The fourth-order valence-corrected chi connectivity index (χ4v) is 3.49. The van der Waals surface area contributed by atoms with Gasteiger partial charge in [-0.15, -0.1) is 0 Å². The first-order valence-electron chi connectivity index (χ1n) is 7.65. The van der Waals surface area contributed by atoms with Crippen molar-refractivity contribution >= 4 is 23.2 Å². The summed E-state index contributed by atoms with van der Waals surface area (Å²) in [4.78, 5) is 38.0. The summed E-state index contributed by atoms with van der Waals surface area (Å²) in [6.07, 6.45) is 4.79. The van der Waals surface area contributed by atoms with Crippen LogP contribution in [0.5, 0.6) is 0 Å². The number of nitrogens with one attached hydrogen (secondary N) is 1. The van der Waals surface area contributed by atoms with Crippen molar-refractivity contribution in [3.05, 3.63) is 36.2 Å². The Bertz CT molecular complexity index is 828. The van der Waals surface area contributed by atoms with Crippen LogP contribution < -0.4 is 5.32 Å². The van der Waals surface area contributed by atoms with Crippen LogP contribution in [-0.2, 0) is 9.59 Å². The fourth-order valence-electron chi connectivity index (χ4n) is 3.49. The molecular weight excluding hydrogens is 296 g/mol. The predicted molar refractivity (Wildman–Crippen MR) is 80.5 cm³/mol. The molecule has 7 nitrogen and oxygen atoms in total. The van der Waals surface area contributed by atoms with Gasteiger partial charge in [0.05, 0.1) is 22.7 Å². The molecule has 1 atom stereocenters. The standard InChI is InChI=1S/C16H16N4O3/c21-13-4-5-16(15(23)18-13)6-8-19(10-16)14(22)11-9-17-20-7-2-1-3-12(11)20/h1-3,7,9H,4-6,8,10H2,(H,18,21,23). The van der Waals surface area contributed by atoms with Crippen molar-refractivity contribution < 1.29 is 14.4 Å². The van der Waals surface area contributed by atoms with E-state index in [1.165, 1.54) is 0 Å². The molecule has 2 fully saturated rings. The van der Waals surface area contributed by atoms with Gasteiger partial charge in [-0.2, -0.15) is 5.10 Å².